The SMILES string of the molecule is CC(C)(C)NCC(O)COc1cccc2[nH]c(=O)oc12.Cl. The maximum atomic E-state index is 11.2. The van der Waals surface area contributed by atoms with Crippen LogP contribution in [0.2, 0.25) is 0 Å². The van der Waals surface area contributed by atoms with Gasteiger partial charge in [-0.25, -0.2) is 4.79 Å². The van der Waals surface area contributed by atoms with E-state index in [-0.39, 0.29) is 24.6 Å². The molecule has 0 spiro atoms. The summed E-state index contributed by atoms with van der Waals surface area (Å²) in [6, 6.07) is 5.18. The number of hydrogen-bond acceptors (Lipinski definition) is 5. The first-order chi connectivity index (χ1) is 9.35. The van der Waals surface area contributed by atoms with E-state index in [1.54, 1.807) is 18.2 Å². The van der Waals surface area contributed by atoms with Crippen LogP contribution in [0.1, 0.15) is 20.8 Å². The Kier molecular flexibility index (Phi) is 5.83. The van der Waals surface area contributed by atoms with Crippen molar-refractivity contribution in [2.45, 2.75) is 32.4 Å². The predicted octanol–water partition coefficient (Wildman–Crippen LogP) is 1.67. The summed E-state index contributed by atoms with van der Waals surface area (Å²) in [5.74, 6) is -0.0818. The third-order valence-electron chi connectivity index (χ3n) is 2.71. The second-order valence-corrected chi connectivity index (χ2v) is 5.74. The van der Waals surface area contributed by atoms with E-state index in [4.69, 9.17) is 9.15 Å². The van der Waals surface area contributed by atoms with Gasteiger partial charge < -0.3 is 19.6 Å². The number of aromatic amines is 1. The number of fused-ring (bicyclic) bond motifs is 1. The molecule has 1 unspecified atom stereocenters. The van der Waals surface area contributed by atoms with Gasteiger partial charge in [0.15, 0.2) is 11.3 Å². The number of H-pyrrole nitrogens is 1. The van der Waals surface area contributed by atoms with Gasteiger partial charge in [-0.15, -0.1) is 12.4 Å². The molecule has 118 valence electrons. The zero-order valence-corrected chi connectivity index (χ0v) is 13.1. The van der Waals surface area contributed by atoms with Crippen LogP contribution in [-0.2, 0) is 0 Å². The van der Waals surface area contributed by atoms with Crippen LogP contribution in [0.25, 0.3) is 11.1 Å². The van der Waals surface area contributed by atoms with Crippen LogP contribution in [0, 0.1) is 0 Å². The van der Waals surface area contributed by atoms with E-state index >= 15 is 0 Å². The maximum absolute atomic E-state index is 11.2. The van der Waals surface area contributed by atoms with E-state index in [1.165, 1.54) is 0 Å². The summed E-state index contributed by atoms with van der Waals surface area (Å²) in [6.45, 7) is 6.62. The lowest BCUT2D eigenvalue weighted by Gasteiger charge is -2.22. The number of hydrogen-bond donors (Lipinski definition) is 3. The predicted molar refractivity (Wildman–Crippen MR) is 83.3 cm³/mol. The monoisotopic (exact) mass is 316 g/mol. The lowest BCUT2D eigenvalue weighted by molar-refractivity contribution is 0.100. The van der Waals surface area contributed by atoms with Gasteiger partial charge in [-0.3, -0.25) is 4.98 Å². The van der Waals surface area contributed by atoms with E-state index in [0.717, 1.165) is 0 Å². The van der Waals surface area contributed by atoms with Crippen molar-refractivity contribution < 1.29 is 14.3 Å². The minimum Gasteiger partial charge on any atom is -0.487 e. The Morgan fingerprint density at radius 2 is 2.14 bits per heavy atom. The number of aliphatic hydroxyl groups is 1. The Bertz CT molecular complexity index is 630. The highest BCUT2D eigenvalue weighted by Crippen LogP contribution is 2.23. The lowest BCUT2D eigenvalue weighted by Crippen LogP contribution is -2.42. The molecule has 0 aliphatic heterocycles. The molecule has 0 amide bonds. The van der Waals surface area contributed by atoms with Crippen LogP contribution < -0.4 is 15.8 Å². The summed E-state index contributed by atoms with van der Waals surface area (Å²) in [4.78, 5) is 13.7. The molecule has 0 aliphatic rings. The molecule has 0 saturated heterocycles. The molecule has 2 rings (SSSR count). The van der Waals surface area contributed by atoms with Gasteiger partial charge in [-0.1, -0.05) is 6.07 Å². The average Bonchev–Trinajstić information content (AvgIpc) is 2.73. The smallest absolute Gasteiger partial charge is 0.417 e. The summed E-state index contributed by atoms with van der Waals surface area (Å²) in [5, 5.41) is 13.1. The van der Waals surface area contributed by atoms with Gasteiger partial charge in [0.05, 0.1) is 5.52 Å². The summed E-state index contributed by atoms with van der Waals surface area (Å²) in [5.41, 5.74) is 0.886. The molecular formula is C14H21ClN2O4. The highest BCUT2D eigenvalue weighted by molar-refractivity contribution is 5.85. The van der Waals surface area contributed by atoms with Crippen molar-refractivity contribution in [3.63, 3.8) is 0 Å². The summed E-state index contributed by atoms with van der Waals surface area (Å²) in [7, 11) is 0. The largest absolute Gasteiger partial charge is 0.487 e. The number of para-hydroxylation sites is 1. The van der Waals surface area contributed by atoms with Crippen LogP contribution >= 0.6 is 12.4 Å². The van der Waals surface area contributed by atoms with Gasteiger partial charge in [0.1, 0.15) is 12.7 Å². The van der Waals surface area contributed by atoms with Crippen LogP contribution in [-0.4, -0.2) is 34.9 Å². The normalized spacial score (nSPS) is 13.0. The molecular weight excluding hydrogens is 296 g/mol. The molecule has 1 heterocycles. The van der Waals surface area contributed by atoms with Crippen molar-refractivity contribution in [2.75, 3.05) is 13.2 Å². The number of ether oxygens (including phenoxy) is 1. The van der Waals surface area contributed by atoms with Crippen LogP contribution in [0.4, 0.5) is 0 Å². The van der Waals surface area contributed by atoms with Crippen LogP contribution in [0.3, 0.4) is 0 Å². The zero-order valence-electron chi connectivity index (χ0n) is 12.3. The maximum Gasteiger partial charge on any atom is 0.417 e. The number of oxazole rings is 1. The Morgan fingerprint density at radius 1 is 1.43 bits per heavy atom. The van der Waals surface area contributed by atoms with Gasteiger partial charge in [0.2, 0.25) is 0 Å². The standard InChI is InChI=1S/C14H20N2O4.ClH/c1-14(2,3)15-7-9(17)8-19-11-6-4-5-10-12(11)20-13(18)16-10;/h4-6,9,15,17H,7-8H2,1-3H3,(H,16,18);1H. The number of aliphatic hydroxyl groups excluding tert-OH is 1. The van der Waals surface area contributed by atoms with E-state index in [2.05, 4.69) is 10.3 Å². The van der Waals surface area contributed by atoms with Gasteiger partial charge in [0.25, 0.3) is 0 Å². The molecule has 0 bridgehead atoms. The molecule has 7 heteroatoms. The number of nitrogens with one attached hydrogen (secondary N) is 2. The Hall–Kier alpha value is -1.50. The fourth-order valence-corrected chi connectivity index (χ4v) is 1.73. The number of rotatable bonds is 5. The molecule has 1 atom stereocenters. The van der Waals surface area contributed by atoms with Crippen molar-refractivity contribution in [3.05, 3.63) is 28.7 Å². The molecule has 1 aromatic carbocycles. The molecule has 2 aromatic rings. The summed E-state index contributed by atoms with van der Waals surface area (Å²) in [6.07, 6.45) is -0.643. The van der Waals surface area contributed by atoms with Crippen LogP contribution in [0.15, 0.2) is 27.4 Å². The van der Waals surface area contributed by atoms with E-state index in [0.29, 0.717) is 23.4 Å². The number of halogens is 1. The first-order valence-corrected chi connectivity index (χ1v) is 6.53. The third kappa shape index (κ3) is 5.08. The number of β-amino-alcohol motifs (C(OH)–C–C–N with tert-alkyl or cyclic N) is 1. The fraction of sp³-hybridized carbons (Fsp3) is 0.500. The number of benzene rings is 1. The van der Waals surface area contributed by atoms with E-state index < -0.39 is 11.9 Å². The molecule has 0 fully saturated rings. The van der Waals surface area contributed by atoms with Crippen molar-refractivity contribution in [2.24, 2.45) is 0 Å². The Labute approximate surface area is 128 Å². The molecule has 0 aliphatic carbocycles. The quantitative estimate of drug-likeness (QED) is 0.781. The average molecular weight is 317 g/mol. The topological polar surface area (TPSA) is 87.5 Å². The Balaban J connectivity index is 0.00000220. The van der Waals surface area contributed by atoms with Crippen molar-refractivity contribution in [3.8, 4) is 5.75 Å². The van der Waals surface area contributed by atoms with Crippen LogP contribution in [0.5, 0.6) is 5.75 Å². The second kappa shape index (κ2) is 6.98. The fourth-order valence-electron chi connectivity index (χ4n) is 1.73. The second-order valence-electron chi connectivity index (χ2n) is 5.74. The summed E-state index contributed by atoms with van der Waals surface area (Å²) >= 11 is 0. The first kappa shape index (κ1) is 17.6. The zero-order chi connectivity index (χ0) is 14.8. The van der Waals surface area contributed by atoms with E-state index in [1.807, 2.05) is 20.8 Å². The highest BCUT2D eigenvalue weighted by atomic mass is 35.5. The summed E-state index contributed by atoms with van der Waals surface area (Å²) < 4.78 is 10.5. The molecule has 21 heavy (non-hydrogen) atoms. The third-order valence-corrected chi connectivity index (χ3v) is 2.71. The van der Waals surface area contributed by atoms with Crippen molar-refractivity contribution >= 4 is 23.5 Å². The molecule has 1 aromatic heterocycles. The minimum absolute atomic E-state index is 0. The van der Waals surface area contributed by atoms with Gasteiger partial charge in [-0.2, -0.15) is 0 Å². The molecule has 6 nitrogen and oxygen atoms in total. The van der Waals surface area contributed by atoms with Gasteiger partial charge in [0, 0.05) is 12.1 Å². The van der Waals surface area contributed by atoms with Gasteiger partial charge in [-0.05, 0) is 32.9 Å². The van der Waals surface area contributed by atoms with E-state index in [9.17, 15) is 9.90 Å². The molecule has 0 saturated carbocycles. The van der Waals surface area contributed by atoms with Crippen molar-refractivity contribution in [1.82, 2.24) is 10.3 Å². The highest BCUT2D eigenvalue weighted by Gasteiger charge is 2.14. The first-order valence-electron chi connectivity index (χ1n) is 6.53. The minimum atomic E-state index is -0.643. The number of aromatic nitrogens is 1. The van der Waals surface area contributed by atoms with Crippen molar-refractivity contribution in [1.29, 1.82) is 0 Å². The molecule has 0 radical (unpaired) electrons. The van der Waals surface area contributed by atoms with Gasteiger partial charge >= 0.3 is 5.76 Å². The lowest BCUT2D eigenvalue weighted by atomic mass is 10.1. The molecule has 3 N–H and O–H groups in total. The Morgan fingerprint density at radius 3 is 2.81 bits per heavy atom.